The van der Waals surface area contributed by atoms with E-state index in [4.69, 9.17) is 5.26 Å². The lowest BCUT2D eigenvalue weighted by Crippen LogP contribution is -2.33. The molecule has 1 fully saturated rings. The van der Waals surface area contributed by atoms with Crippen molar-refractivity contribution in [3.05, 3.63) is 31.0 Å². The van der Waals surface area contributed by atoms with Crippen molar-refractivity contribution in [2.45, 2.75) is 6.92 Å². The Labute approximate surface area is 137 Å². The zero-order valence-electron chi connectivity index (χ0n) is 13.0. The Hall–Kier alpha value is -3.21. The van der Waals surface area contributed by atoms with E-state index in [2.05, 4.69) is 26.1 Å². The quantitative estimate of drug-likeness (QED) is 0.737. The van der Waals surface area contributed by atoms with Gasteiger partial charge < -0.3 is 9.88 Å². The van der Waals surface area contributed by atoms with Crippen LogP contribution in [0.3, 0.4) is 0 Å². The predicted molar refractivity (Wildman–Crippen MR) is 85.7 cm³/mol. The van der Waals surface area contributed by atoms with Crippen LogP contribution in [-0.2, 0) is 0 Å². The average molecular weight is 321 g/mol. The summed E-state index contributed by atoms with van der Waals surface area (Å²) in [6.45, 7) is 3.01. The zero-order chi connectivity index (χ0) is 16.7. The number of nitriles is 1. The van der Waals surface area contributed by atoms with E-state index in [9.17, 15) is 4.79 Å². The molecule has 4 rings (SSSR count). The van der Waals surface area contributed by atoms with Crippen molar-refractivity contribution in [1.82, 2.24) is 29.6 Å². The molecule has 4 heterocycles. The van der Waals surface area contributed by atoms with Gasteiger partial charge in [-0.2, -0.15) is 15.0 Å². The number of H-pyrrole nitrogens is 1. The van der Waals surface area contributed by atoms with Gasteiger partial charge >= 0.3 is 6.03 Å². The van der Waals surface area contributed by atoms with Gasteiger partial charge in [-0.25, -0.2) is 14.8 Å². The Morgan fingerprint density at radius 3 is 3.08 bits per heavy atom. The summed E-state index contributed by atoms with van der Waals surface area (Å²) in [4.78, 5) is 25.6. The van der Waals surface area contributed by atoms with E-state index in [0.717, 1.165) is 16.6 Å². The second-order valence-electron chi connectivity index (χ2n) is 6.03. The first-order valence-corrected chi connectivity index (χ1v) is 7.69. The summed E-state index contributed by atoms with van der Waals surface area (Å²) >= 11 is 0. The number of hydrogen-bond acceptors (Lipinski definition) is 5. The zero-order valence-corrected chi connectivity index (χ0v) is 13.0. The van der Waals surface area contributed by atoms with Crippen LogP contribution in [-0.4, -0.2) is 48.8 Å². The van der Waals surface area contributed by atoms with Gasteiger partial charge in [-0.05, 0) is 12.0 Å². The Kier molecular flexibility index (Phi) is 3.27. The number of aromatic amines is 1. The molecule has 0 spiro atoms. The highest BCUT2D eigenvalue weighted by atomic mass is 16.2. The number of rotatable bonds is 1. The largest absolute Gasteiger partial charge is 0.344 e. The van der Waals surface area contributed by atoms with Crippen LogP contribution in [0.1, 0.15) is 6.92 Å². The first-order valence-electron chi connectivity index (χ1n) is 7.69. The number of pyridine rings is 1. The summed E-state index contributed by atoms with van der Waals surface area (Å²) in [6, 6.07) is 3.91. The summed E-state index contributed by atoms with van der Waals surface area (Å²) in [7, 11) is 0. The first-order chi connectivity index (χ1) is 11.7. The summed E-state index contributed by atoms with van der Waals surface area (Å²) in [5.41, 5.74) is 3.13. The van der Waals surface area contributed by atoms with E-state index in [1.165, 1.54) is 4.68 Å². The molecule has 0 bridgehead atoms. The molecule has 120 valence electrons. The molecule has 2 atom stereocenters. The lowest BCUT2D eigenvalue weighted by Gasteiger charge is -2.14. The van der Waals surface area contributed by atoms with E-state index < -0.39 is 0 Å². The fourth-order valence-electron chi connectivity index (χ4n) is 3.09. The molecule has 0 aliphatic carbocycles. The second-order valence-corrected chi connectivity index (χ2v) is 6.03. The van der Waals surface area contributed by atoms with Crippen molar-refractivity contribution >= 4 is 17.2 Å². The monoisotopic (exact) mass is 321 g/mol. The van der Waals surface area contributed by atoms with Crippen LogP contribution in [0.25, 0.3) is 22.3 Å². The summed E-state index contributed by atoms with van der Waals surface area (Å²) in [6.07, 6.45) is 6.61. The highest BCUT2D eigenvalue weighted by Gasteiger charge is 2.33. The first kappa shape index (κ1) is 14.4. The van der Waals surface area contributed by atoms with Crippen molar-refractivity contribution < 1.29 is 4.79 Å². The number of nitrogens with one attached hydrogen (secondary N) is 1. The van der Waals surface area contributed by atoms with E-state index >= 15 is 0 Å². The minimum absolute atomic E-state index is 0.117. The number of amides is 1. The third kappa shape index (κ3) is 2.22. The molecule has 3 aromatic heterocycles. The number of nitrogens with zero attached hydrogens (tertiary/aromatic N) is 6. The number of carbonyl (C=O) groups excluding carboxylic acids is 1. The van der Waals surface area contributed by atoms with Gasteiger partial charge in [0.15, 0.2) is 5.65 Å². The van der Waals surface area contributed by atoms with Crippen LogP contribution in [0.5, 0.6) is 0 Å². The van der Waals surface area contributed by atoms with Crippen molar-refractivity contribution in [2.75, 3.05) is 13.1 Å². The SMILES string of the molecule is CC1CN(C(=O)n2cc(-c3ccnc4nc[nH]c34)cn2)CC1C#N. The van der Waals surface area contributed by atoms with Crippen LogP contribution < -0.4 is 0 Å². The van der Waals surface area contributed by atoms with Crippen LogP contribution >= 0.6 is 0 Å². The Balaban J connectivity index is 1.63. The predicted octanol–water partition coefficient (Wildman–Crippen LogP) is 1.88. The fraction of sp³-hybridized carbons (Fsp3) is 0.312. The third-order valence-electron chi connectivity index (χ3n) is 4.46. The fourth-order valence-corrected chi connectivity index (χ4v) is 3.09. The molecule has 1 amide bonds. The number of fused-ring (bicyclic) bond motifs is 1. The molecule has 8 nitrogen and oxygen atoms in total. The molecule has 0 radical (unpaired) electrons. The topological polar surface area (TPSA) is 103 Å². The maximum Gasteiger partial charge on any atom is 0.344 e. The van der Waals surface area contributed by atoms with E-state index in [1.807, 2.05) is 13.0 Å². The molecule has 2 unspecified atom stereocenters. The molecule has 3 aromatic rings. The molecule has 8 heteroatoms. The van der Waals surface area contributed by atoms with Gasteiger partial charge in [0.05, 0.1) is 30.0 Å². The molecule has 0 aromatic carbocycles. The Bertz CT molecular complexity index is 951. The summed E-state index contributed by atoms with van der Waals surface area (Å²) in [5, 5.41) is 13.3. The lowest BCUT2D eigenvalue weighted by atomic mass is 10.0. The van der Waals surface area contributed by atoms with Gasteiger partial charge in [-0.3, -0.25) is 0 Å². The van der Waals surface area contributed by atoms with E-state index in [-0.39, 0.29) is 17.9 Å². The lowest BCUT2D eigenvalue weighted by molar-refractivity contribution is 0.205. The number of hydrogen-bond donors (Lipinski definition) is 1. The van der Waals surface area contributed by atoms with Crippen molar-refractivity contribution in [3.8, 4) is 17.2 Å². The molecule has 1 aliphatic heterocycles. The summed E-state index contributed by atoms with van der Waals surface area (Å²) < 4.78 is 1.32. The number of aromatic nitrogens is 5. The number of carbonyl (C=O) groups is 1. The van der Waals surface area contributed by atoms with Crippen LogP contribution in [0, 0.1) is 23.2 Å². The van der Waals surface area contributed by atoms with Gasteiger partial charge in [-0.15, -0.1) is 0 Å². The van der Waals surface area contributed by atoms with Crippen molar-refractivity contribution in [2.24, 2.45) is 11.8 Å². The smallest absolute Gasteiger partial charge is 0.343 e. The maximum absolute atomic E-state index is 12.6. The van der Waals surface area contributed by atoms with Gasteiger partial charge in [0.1, 0.15) is 0 Å². The number of imidazole rings is 1. The molecule has 1 N–H and O–H groups in total. The third-order valence-corrected chi connectivity index (χ3v) is 4.46. The molecule has 24 heavy (non-hydrogen) atoms. The normalized spacial score (nSPS) is 20.4. The minimum Gasteiger partial charge on any atom is -0.343 e. The van der Waals surface area contributed by atoms with Crippen molar-refractivity contribution in [1.29, 1.82) is 5.26 Å². The van der Waals surface area contributed by atoms with Crippen LogP contribution in [0.4, 0.5) is 4.79 Å². The second kappa shape index (κ2) is 5.45. The van der Waals surface area contributed by atoms with Gasteiger partial charge in [0.2, 0.25) is 0 Å². The van der Waals surface area contributed by atoms with Gasteiger partial charge in [-0.1, -0.05) is 6.92 Å². The molecular weight excluding hydrogens is 306 g/mol. The molecule has 0 saturated carbocycles. The van der Waals surface area contributed by atoms with E-state index in [1.54, 1.807) is 29.8 Å². The highest BCUT2D eigenvalue weighted by Crippen LogP contribution is 2.26. The maximum atomic E-state index is 12.6. The van der Waals surface area contributed by atoms with E-state index in [0.29, 0.717) is 18.7 Å². The van der Waals surface area contributed by atoms with Crippen molar-refractivity contribution in [3.63, 3.8) is 0 Å². The van der Waals surface area contributed by atoms with Crippen LogP contribution in [0.15, 0.2) is 31.0 Å². The molecular formula is C16H15N7O. The van der Waals surface area contributed by atoms with Gasteiger partial charge in [0.25, 0.3) is 0 Å². The summed E-state index contributed by atoms with van der Waals surface area (Å²) in [5.74, 6) is 0.0626. The number of likely N-dealkylation sites (tertiary alicyclic amines) is 1. The average Bonchev–Trinajstić information content (AvgIpc) is 3.32. The van der Waals surface area contributed by atoms with Crippen LogP contribution in [0.2, 0.25) is 0 Å². The highest BCUT2D eigenvalue weighted by molar-refractivity contribution is 5.89. The Morgan fingerprint density at radius 1 is 1.42 bits per heavy atom. The standard InChI is InChI=1S/C16H15N7O/c1-10-6-22(7-11(10)4-17)16(24)23-8-12(5-21-23)13-2-3-18-15-14(13)19-9-20-15/h2-3,5,8-11H,6-7H2,1H3,(H,18,19,20). The molecule has 1 saturated heterocycles. The minimum atomic E-state index is -0.208. The molecule has 1 aliphatic rings. The van der Waals surface area contributed by atoms with Gasteiger partial charge in [0, 0.05) is 36.6 Å². The Morgan fingerprint density at radius 2 is 2.29 bits per heavy atom.